The molecule has 3 aromatic rings. The molecule has 4 nitrogen and oxygen atoms in total. The van der Waals surface area contributed by atoms with Crippen LogP contribution in [0.5, 0.6) is 11.5 Å². The third-order valence-corrected chi connectivity index (χ3v) is 4.76. The number of carbonyl (C=O) groups is 1. The number of aryl methyl sites for hydroxylation is 1. The van der Waals surface area contributed by atoms with Gasteiger partial charge in [0.1, 0.15) is 18.1 Å². The lowest BCUT2D eigenvalue weighted by molar-refractivity contribution is 0.0948. The van der Waals surface area contributed by atoms with Gasteiger partial charge in [-0.15, -0.1) is 0 Å². The lowest BCUT2D eigenvalue weighted by atomic mass is 10.1. The zero-order chi connectivity index (χ0) is 20.5. The average Bonchev–Trinajstić information content (AvgIpc) is 2.76. The molecule has 0 aliphatic carbocycles. The van der Waals surface area contributed by atoms with Crippen molar-refractivity contribution in [2.24, 2.45) is 0 Å². The molecule has 3 rings (SSSR count). The highest BCUT2D eigenvalue weighted by Gasteiger charge is 2.13. The first kappa shape index (κ1) is 20.7. The number of ether oxygens (including phenoxy) is 2. The number of carbonyl (C=O) groups excluding carboxylic acids is 1. The highest BCUT2D eigenvalue weighted by Crippen LogP contribution is 2.24. The molecule has 3 aromatic carbocycles. The number of rotatable bonds is 9. The quantitative estimate of drug-likeness (QED) is 0.488. The summed E-state index contributed by atoms with van der Waals surface area (Å²) in [6.45, 7) is 0.929. The molecule has 0 spiro atoms. The van der Waals surface area contributed by atoms with Crippen LogP contribution in [0, 0.1) is 0 Å². The first-order chi connectivity index (χ1) is 14.2. The molecule has 0 aromatic heterocycles. The summed E-state index contributed by atoms with van der Waals surface area (Å²) in [4.78, 5) is 12.7. The fourth-order valence-electron chi connectivity index (χ4n) is 3.03. The van der Waals surface area contributed by atoms with Crippen molar-refractivity contribution in [3.63, 3.8) is 0 Å². The maximum absolute atomic E-state index is 12.7. The Morgan fingerprint density at radius 2 is 1.72 bits per heavy atom. The van der Waals surface area contributed by atoms with Crippen molar-refractivity contribution in [2.75, 3.05) is 13.7 Å². The zero-order valence-corrected chi connectivity index (χ0v) is 17.1. The van der Waals surface area contributed by atoms with Gasteiger partial charge in [-0.2, -0.15) is 0 Å². The van der Waals surface area contributed by atoms with E-state index in [9.17, 15) is 4.79 Å². The number of benzene rings is 3. The Labute approximate surface area is 176 Å². The molecule has 0 saturated carbocycles. The molecule has 0 radical (unpaired) electrons. The van der Waals surface area contributed by atoms with E-state index in [-0.39, 0.29) is 5.91 Å². The van der Waals surface area contributed by atoms with Crippen molar-refractivity contribution < 1.29 is 14.3 Å². The summed E-state index contributed by atoms with van der Waals surface area (Å²) in [7, 11) is 1.66. The molecular weight excluding hydrogens is 386 g/mol. The minimum absolute atomic E-state index is 0.199. The Bertz CT molecular complexity index is 944. The number of hydrogen-bond donors (Lipinski definition) is 1. The number of para-hydroxylation sites is 1. The van der Waals surface area contributed by atoms with Crippen molar-refractivity contribution in [3.05, 3.63) is 94.5 Å². The van der Waals surface area contributed by atoms with Gasteiger partial charge >= 0.3 is 0 Å². The number of methoxy groups -OCH3 is 1. The van der Waals surface area contributed by atoms with Crippen molar-refractivity contribution in [3.8, 4) is 11.5 Å². The minimum atomic E-state index is -0.199. The predicted octanol–water partition coefficient (Wildman–Crippen LogP) is 5.29. The number of hydrogen-bond acceptors (Lipinski definition) is 3. The predicted molar refractivity (Wildman–Crippen MR) is 116 cm³/mol. The summed E-state index contributed by atoms with van der Waals surface area (Å²) in [5.74, 6) is 1.18. The van der Waals surface area contributed by atoms with E-state index in [1.807, 2.05) is 54.6 Å². The standard InChI is InChI=1S/C24H24ClNO3/c1-28-22-12-6-5-10-19(22)11-7-15-26-24(27)21-16-20(25)13-14-23(21)29-17-18-8-3-2-4-9-18/h2-6,8-10,12-14,16H,7,11,15,17H2,1H3,(H,26,27). The van der Waals surface area contributed by atoms with Crippen molar-refractivity contribution in [1.82, 2.24) is 5.32 Å². The molecule has 29 heavy (non-hydrogen) atoms. The molecule has 150 valence electrons. The molecule has 0 aliphatic heterocycles. The van der Waals surface area contributed by atoms with Crippen LogP contribution < -0.4 is 14.8 Å². The SMILES string of the molecule is COc1ccccc1CCCNC(=O)c1cc(Cl)ccc1OCc1ccccc1. The van der Waals surface area contributed by atoms with Crippen LogP contribution in [-0.2, 0) is 13.0 Å². The molecular formula is C24H24ClNO3. The monoisotopic (exact) mass is 409 g/mol. The van der Waals surface area contributed by atoms with Gasteiger partial charge in [0.25, 0.3) is 5.91 Å². The molecule has 0 atom stereocenters. The van der Waals surface area contributed by atoms with Crippen LogP contribution >= 0.6 is 11.6 Å². The van der Waals surface area contributed by atoms with Crippen LogP contribution in [0.25, 0.3) is 0 Å². The summed E-state index contributed by atoms with van der Waals surface area (Å²) in [5.41, 5.74) is 2.59. The van der Waals surface area contributed by atoms with Gasteiger partial charge < -0.3 is 14.8 Å². The summed E-state index contributed by atoms with van der Waals surface area (Å²) >= 11 is 6.10. The fourth-order valence-corrected chi connectivity index (χ4v) is 3.20. The maximum Gasteiger partial charge on any atom is 0.255 e. The Kier molecular flexibility index (Phi) is 7.54. The molecule has 0 bridgehead atoms. The first-order valence-corrected chi connectivity index (χ1v) is 9.91. The second-order valence-corrected chi connectivity index (χ2v) is 7.02. The van der Waals surface area contributed by atoms with Crippen molar-refractivity contribution in [1.29, 1.82) is 0 Å². The molecule has 0 fully saturated rings. The lowest BCUT2D eigenvalue weighted by Gasteiger charge is -2.13. The Morgan fingerprint density at radius 3 is 2.52 bits per heavy atom. The smallest absolute Gasteiger partial charge is 0.255 e. The van der Waals surface area contributed by atoms with Crippen LogP contribution in [0.4, 0.5) is 0 Å². The van der Waals surface area contributed by atoms with Gasteiger partial charge in [0.2, 0.25) is 0 Å². The highest BCUT2D eigenvalue weighted by molar-refractivity contribution is 6.31. The van der Waals surface area contributed by atoms with Crippen molar-refractivity contribution in [2.45, 2.75) is 19.4 Å². The van der Waals surface area contributed by atoms with Crippen LogP contribution in [0.1, 0.15) is 27.9 Å². The Morgan fingerprint density at radius 1 is 0.966 bits per heavy atom. The molecule has 0 heterocycles. The lowest BCUT2D eigenvalue weighted by Crippen LogP contribution is -2.25. The van der Waals surface area contributed by atoms with Gasteiger partial charge in [0.05, 0.1) is 12.7 Å². The summed E-state index contributed by atoms with van der Waals surface area (Å²) in [6, 6.07) is 22.8. The van der Waals surface area contributed by atoms with Crippen LogP contribution in [0.2, 0.25) is 5.02 Å². The van der Waals surface area contributed by atoms with Crippen molar-refractivity contribution >= 4 is 17.5 Å². The van der Waals surface area contributed by atoms with E-state index in [2.05, 4.69) is 5.32 Å². The van der Waals surface area contributed by atoms with Gasteiger partial charge in [0.15, 0.2) is 0 Å². The van der Waals surface area contributed by atoms with Gasteiger partial charge in [-0.25, -0.2) is 0 Å². The highest BCUT2D eigenvalue weighted by atomic mass is 35.5. The molecule has 5 heteroatoms. The average molecular weight is 410 g/mol. The van der Waals surface area contributed by atoms with Gasteiger partial charge in [-0.1, -0.05) is 60.1 Å². The largest absolute Gasteiger partial charge is 0.496 e. The van der Waals surface area contributed by atoms with E-state index in [0.717, 1.165) is 29.7 Å². The molecule has 0 saturated heterocycles. The third-order valence-electron chi connectivity index (χ3n) is 4.52. The minimum Gasteiger partial charge on any atom is -0.496 e. The summed E-state index contributed by atoms with van der Waals surface area (Å²) < 4.78 is 11.2. The van der Waals surface area contributed by atoms with Gasteiger partial charge in [0, 0.05) is 11.6 Å². The molecule has 0 aliphatic rings. The topological polar surface area (TPSA) is 47.6 Å². The second-order valence-electron chi connectivity index (χ2n) is 6.59. The number of amides is 1. The third kappa shape index (κ3) is 6.00. The number of halogens is 1. The zero-order valence-electron chi connectivity index (χ0n) is 16.4. The van der Waals surface area contributed by atoms with Crippen LogP contribution in [-0.4, -0.2) is 19.6 Å². The maximum atomic E-state index is 12.7. The van der Waals surface area contributed by atoms with E-state index < -0.39 is 0 Å². The van der Waals surface area contributed by atoms with E-state index >= 15 is 0 Å². The summed E-state index contributed by atoms with van der Waals surface area (Å²) in [6.07, 6.45) is 1.62. The normalized spacial score (nSPS) is 10.4. The summed E-state index contributed by atoms with van der Waals surface area (Å²) in [5, 5.41) is 3.45. The molecule has 1 amide bonds. The van der Waals surface area contributed by atoms with Crippen LogP contribution in [0.3, 0.4) is 0 Å². The van der Waals surface area contributed by atoms with Gasteiger partial charge in [-0.05, 0) is 48.2 Å². The molecule has 1 N–H and O–H groups in total. The fraction of sp³-hybridized carbons (Fsp3) is 0.208. The van der Waals surface area contributed by atoms with E-state index in [0.29, 0.717) is 29.5 Å². The number of nitrogens with one attached hydrogen (secondary N) is 1. The second kappa shape index (κ2) is 10.5. The molecule has 0 unspecified atom stereocenters. The van der Waals surface area contributed by atoms with Crippen LogP contribution in [0.15, 0.2) is 72.8 Å². The van der Waals surface area contributed by atoms with E-state index in [4.69, 9.17) is 21.1 Å². The Balaban J connectivity index is 1.57. The van der Waals surface area contributed by atoms with E-state index in [1.165, 1.54) is 0 Å². The van der Waals surface area contributed by atoms with Gasteiger partial charge in [-0.3, -0.25) is 4.79 Å². The first-order valence-electron chi connectivity index (χ1n) is 9.54. The Hall–Kier alpha value is -2.98. The van der Waals surface area contributed by atoms with E-state index in [1.54, 1.807) is 25.3 Å².